The second-order valence-corrected chi connectivity index (χ2v) is 2.95. The number of aromatic nitrogens is 1. The zero-order valence-corrected chi connectivity index (χ0v) is 7.73. The summed E-state index contributed by atoms with van der Waals surface area (Å²) >= 11 is 0. The van der Waals surface area contributed by atoms with Gasteiger partial charge in [-0.1, -0.05) is 6.92 Å². The molecule has 1 rings (SSSR count). The van der Waals surface area contributed by atoms with E-state index >= 15 is 0 Å². The van der Waals surface area contributed by atoms with Gasteiger partial charge in [-0.2, -0.15) is 0 Å². The molecule has 0 aromatic carbocycles. The fourth-order valence-electron chi connectivity index (χ4n) is 1.20. The second kappa shape index (κ2) is 4.72. The highest BCUT2D eigenvalue weighted by molar-refractivity contribution is 5.97. The Bertz CT molecular complexity index is 268. The van der Waals surface area contributed by atoms with Crippen LogP contribution in [0.3, 0.4) is 0 Å². The highest BCUT2D eigenvalue weighted by Gasteiger charge is 2.15. The Hall–Kier alpha value is -1.22. The fourth-order valence-corrected chi connectivity index (χ4v) is 1.20. The van der Waals surface area contributed by atoms with Crippen molar-refractivity contribution < 1.29 is 4.79 Å². The Morgan fingerprint density at radius 1 is 1.69 bits per heavy atom. The standard InChI is InChI=1S/C10H14N2O/c1-2-8(6-11)10(13)9-4-3-5-12-7-9/h3-5,7-8H,2,6,11H2,1H3. The van der Waals surface area contributed by atoms with Crippen LogP contribution in [-0.2, 0) is 0 Å². The third-order valence-electron chi connectivity index (χ3n) is 2.09. The highest BCUT2D eigenvalue weighted by Crippen LogP contribution is 2.09. The van der Waals surface area contributed by atoms with Crippen LogP contribution in [-0.4, -0.2) is 17.3 Å². The van der Waals surface area contributed by atoms with Gasteiger partial charge < -0.3 is 5.73 Å². The number of pyridine rings is 1. The van der Waals surface area contributed by atoms with Gasteiger partial charge in [-0.15, -0.1) is 0 Å². The number of ketones is 1. The number of carbonyl (C=O) groups is 1. The molecular formula is C10H14N2O. The Morgan fingerprint density at radius 2 is 2.46 bits per heavy atom. The van der Waals surface area contributed by atoms with E-state index in [9.17, 15) is 4.79 Å². The maximum atomic E-state index is 11.7. The second-order valence-electron chi connectivity index (χ2n) is 2.95. The van der Waals surface area contributed by atoms with E-state index in [1.54, 1.807) is 24.5 Å². The number of nitrogens with two attached hydrogens (primary N) is 1. The van der Waals surface area contributed by atoms with Crippen LogP contribution >= 0.6 is 0 Å². The summed E-state index contributed by atoms with van der Waals surface area (Å²) in [5.41, 5.74) is 6.13. The minimum atomic E-state index is -0.0656. The van der Waals surface area contributed by atoms with E-state index in [4.69, 9.17) is 5.73 Å². The molecule has 0 fully saturated rings. The average molecular weight is 178 g/mol. The normalized spacial score (nSPS) is 12.5. The smallest absolute Gasteiger partial charge is 0.168 e. The summed E-state index contributed by atoms with van der Waals surface area (Å²) in [6, 6.07) is 3.53. The molecule has 0 radical (unpaired) electrons. The van der Waals surface area contributed by atoms with Crippen molar-refractivity contribution in [2.45, 2.75) is 13.3 Å². The minimum absolute atomic E-state index is 0.0656. The van der Waals surface area contributed by atoms with E-state index in [0.29, 0.717) is 12.1 Å². The molecule has 1 unspecified atom stereocenters. The van der Waals surface area contributed by atoms with Crippen molar-refractivity contribution in [3.05, 3.63) is 30.1 Å². The van der Waals surface area contributed by atoms with Crippen LogP contribution in [0, 0.1) is 5.92 Å². The fraction of sp³-hybridized carbons (Fsp3) is 0.400. The molecule has 0 amide bonds. The molecule has 0 saturated carbocycles. The van der Waals surface area contributed by atoms with E-state index in [-0.39, 0.29) is 11.7 Å². The molecule has 0 spiro atoms. The molecule has 13 heavy (non-hydrogen) atoms. The maximum Gasteiger partial charge on any atom is 0.168 e. The third-order valence-corrected chi connectivity index (χ3v) is 2.09. The molecule has 1 aromatic rings. The first-order chi connectivity index (χ1) is 6.29. The summed E-state index contributed by atoms with van der Waals surface area (Å²) < 4.78 is 0. The van der Waals surface area contributed by atoms with E-state index < -0.39 is 0 Å². The summed E-state index contributed by atoms with van der Waals surface area (Å²) in [5.74, 6) is 0.0299. The lowest BCUT2D eigenvalue weighted by Gasteiger charge is -2.09. The average Bonchev–Trinajstić information content (AvgIpc) is 2.21. The molecular weight excluding hydrogens is 164 g/mol. The van der Waals surface area contributed by atoms with Crippen molar-refractivity contribution in [2.24, 2.45) is 11.7 Å². The van der Waals surface area contributed by atoms with Crippen LogP contribution < -0.4 is 5.73 Å². The van der Waals surface area contributed by atoms with Gasteiger partial charge in [0.15, 0.2) is 5.78 Å². The van der Waals surface area contributed by atoms with E-state index in [1.165, 1.54) is 0 Å². The molecule has 3 heteroatoms. The monoisotopic (exact) mass is 178 g/mol. The number of Topliss-reactive ketones (excluding diaryl/α,β-unsaturated/α-hetero) is 1. The molecule has 0 saturated heterocycles. The van der Waals surface area contributed by atoms with Crippen molar-refractivity contribution in [2.75, 3.05) is 6.54 Å². The number of hydrogen-bond acceptors (Lipinski definition) is 3. The van der Waals surface area contributed by atoms with Crippen LogP contribution in [0.4, 0.5) is 0 Å². The quantitative estimate of drug-likeness (QED) is 0.706. The van der Waals surface area contributed by atoms with Crippen LogP contribution in [0.25, 0.3) is 0 Å². The highest BCUT2D eigenvalue weighted by atomic mass is 16.1. The summed E-state index contributed by atoms with van der Waals surface area (Å²) in [4.78, 5) is 15.6. The molecule has 70 valence electrons. The first-order valence-corrected chi connectivity index (χ1v) is 4.44. The van der Waals surface area contributed by atoms with Crippen molar-refractivity contribution >= 4 is 5.78 Å². The molecule has 1 heterocycles. The Labute approximate surface area is 78.0 Å². The van der Waals surface area contributed by atoms with Gasteiger partial charge in [0.05, 0.1) is 0 Å². The first-order valence-electron chi connectivity index (χ1n) is 4.44. The topological polar surface area (TPSA) is 56.0 Å². The summed E-state index contributed by atoms with van der Waals surface area (Å²) in [6.45, 7) is 2.37. The lowest BCUT2D eigenvalue weighted by molar-refractivity contribution is 0.0921. The van der Waals surface area contributed by atoms with Crippen LogP contribution in [0.15, 0.2) is 24.5 Å². The molecule has 0 aliphatic carbocycles. The van der Waals surface area contributed by atoms with Gasteiger partial charge >= 0.3 is 0 Å². The van der Waals surface area contributed by atoms with Gasteiger partial charge in [-0.3, -0.25) is 9.78 Å². The van der Waals surface area contributed by atoms with Gasteiger partial charge in [-0.05, 0) is 18.6 Å². The van der Waals surface area contributed by atoms with Crippen molar-refractivity contribution in [1.29, 1.82) is 0 Å². The Morgan fingerprint density at radius 3 is 2.92 bits per heavy atom. The Kier molecular flexibility index (Phi) is 3.58. The minimum Gasteiger partial charge on any atom is -0.330 e. The Balaban J connectivity index is 2.78. The molecule has 0 aliphatic rings. The van der Waals surface area contributed by atoms with E-state index in [0.717, 1.165) is 6.42 Å². The number of hydrogen-bond donors (Lipinski definition) is 1. The van der Waals surface area contributed by atoms with Gasteiger partial charge in [0.2, 0.25) is 0 Å². The van der Waals surface area contributed by atoms with E-state index in [1.807, 2.05) is 6.92 Å². The number of nitrogens with zero attached hydrogens (tertiary/aromatic N) is 1. The van der Waals surface area contributed by atoms with Gasteiger partial charge in [0, 0.05) is 30.4 Å². The molecule has 0 aliphatic heterocycles. The van der Waals surface area contributed by atoms with Crippen LogP contribution in [0.5, 0.6) is 0 Å². The van der Waals surface area contributed by atoms with Gasteiger partial charge in [-0.25, -0.2) is 0 Å². The summed E-state index contributed by atoms with van der Waals surface area (Å²) in [7, 11) is 0. The molecule has 0 bridgehead atoms. The predicted molar refractivity (Wildman–Crippen MR) is 51.4 cm³/mol. The maximum absolute atomic E-state index is 11.7. The van der Waals surface area contributed by atoms with Gasteiger partial charge in [0.25, 0.3) is 0 Å². The van der Waals surface area contributed by atoms with Crippen LogP contribution in [0.2, 0.25) is 0 Å². The predicted octanol–water partition coefficient (Wildman–Crippen LogP) is 1.25. The molecule has 1 aromatic heterocycles. The number of carbonyl (C=O) groups excluding carboxylic acids is 1. The van der Waals surface area contributed by atoms with Crippen molar-refractivity contribution in [3.8, 4) is 0 Å². The largest absolute Gasteiger partial charge is 0.330 e. The molecule has 2 N–H and O–H groups in total. The summed E-state index contributed by atoms with van der Waals surface area (Å²) in [6.07, 6.45) is 4.02. The van der Waals surface area contributed by atoms with E-state index in [2.05, 4.69) is 4.98 Å². The van der Waals surface area contributed by atoms with Crippen molar-refractivity contribution in [1.82, 2.24) is 4.98 Å². The summed E-state index contributed by atoms with van der Waals surface area (Å²) in [5, 5.41) is 0. The van der Waals surface area contributed by atoms with Crippen LogP contribution in [0.1, 0.15) is 23.7 Å². The van der Waals surface area contributed by atoms with Gasteiger partial charge in [0.1, 0.15) is 0 Å². The van der Waals surface area contributed by atoms with Crippen molar-refractivity contribution in [3.63, 3.8) is 0 Å². The zero-order valence-electron chi connectivity index (χ0n) is 7.73. The third kappa shape index (κ3) is 2.36. The molecule has 3 nitrogen and oxygen atoms in total. The first kappa shape index (κ1) is 9.86. The lowest BCUT2D eigenvalue weighted by atomic mass is 9.97. The lowest BCUT2D eigenvalue weighted by Crippen LogP contribution is -2.23. The number of rotatable bonds is 4. The molecule has 1 atom stereocenters. The zero-order chi connectivity index (χ0) is 9.68. The SMILES string of the molecule is CCC(CN)C(=O)c1cccnc1.